The molecule has 1 saturated heterocycles. The molecular formula is C29H36N2O6. The Bertz CT molecular complexity index is 1110. The molecule has 3 N–H and O–H groups in total. The molecular weight excluding hydrogens is 472 g/mol. The van der Waals surface area contributed by atoms with E-state index in [0.717, 1.165) is 10.5 Å². The van der Waals surface area contributed by atoms with E-state index in [1.54, 1.807) is 36.4 Å². The quantitative estimate of drug-likeness (QED) is 0.397. The first-order valence-electron chi connectivity index (χ1n) is 12.7. The number of phenolic OH excluding ortho intramolecular Hbond substituents is 1. The second-order valence-electron chi connectivity index (χ2n) is 10.6. The molecule has 0 saturated carbocycles. The van der Waals surface area contributed by atoms with Crippen LogP contribution in [0.4, 0.5) is 0 Å². The SMILES string of the molecule is CC(C)CC1C(=O)N(C(CC(C)C)C(=O)N[C@@H](Cc2ccccc2)C(=O)O)C(=O)C1c1ccc(O)cc1. The predicted molar refractivity (Wildman–Crippen MR) is 139 cm³/mol. The molecule has 198 valence electrons. The fourth-order valence-electron chi connectivity index (χ4n) is 4.95. The molecule has 0 radical (unpaired) electrons. The molecule has 0 bridgehead atoms. The van der Waals surface area contributed by atoms with Crippen molar-refractivity contribution in [1.82, 2.24) is 10.2 Å². The number of hydrogen-bond donors (Lipinski definition) is 3. The fraction of sp³-hybridized carbons (Fsp3) is 0.448. The predicted octanol–water partition coefficient (Wildman–Crippen LogP) is 3.73. The number of hydrogen-bond acceptors (Lipinski definition) is 5. The summed E-state index contributed by atoms with van der Waals surface area (Å²) in [5.41, 5.74) is 1.34. The van der Waals surface area contributed by atoms with Gasteiger partial charge >= 0.3 is 5.97 Å². The van der Waals surface area contributed by atoms with Crippen LogP contribution in [0.1, 0.15) is 57.6 Å². The number of phenols is 1. The van der Waals surface area contributed by atoms with Crippen molar-refractivity contribution in [2.75, 3.05) is 0 Å². The summed E-state index contributed by atoms with van der Waals surface area (Å²) in [6.07, 6.45) is 0.733. The van der Waals surface area contributed by atoms with Crippen molar-refractivity contribution in [2.24, 2.45) is 17.8 Å². The number of benzene rings is 2. The lowest BCUT2D eigenvalue weighted by Crippen LogP contribution is -2.54. The van der Waals surface area contributed by atoms with E-state index in [0.29, 0.717) is 12.0 Å². The molecule has 1 heterocycles. The Morgan fingerprint density at radius 2 is 1.54 bits per heavy atom. The molecule has 8 heteroatoms. The first kappa shape index (κ1) is 27.9. The molecule has 3 amide bonds. The van der Waals surface area contributed by atoms with Gasteiger partial charge in [-0.05, 0) is 47.9 Å². The van der Waals surface area contributed by atoms with E-state index in [9.17, 15) is 29.4 Å². The second kappa shape index (κ2) is 12.0. The molecule has 0 aromatic heterocycles. The van der Waals surface area contributed by atoms with Crippen molar-refractivity contribution in [3.63, 3.8) is 0 Å². The number of rotatable bonds is 11. The highest BCUT2D eigenvalue weighted by molar-refractivity contribution is 6.10. The summed E-state index contributed by atoms with van der Waals surface area (Å²) in [5, 5.41) is 22.1. The molecule has 4 atom stereocenters. The summed E-state index contributed by atoms with van der Waals surface area (Å²) in [6.45, 7) is 7.70. The molecule has 0 aliphatic carbocycles. The van der Waals surface area contributed by atoms with Gasteiger partial charge in [0, 0.05) is 6.42 Å². The number of imide groups is 1. The Morgan fingerprint density at radius 1 is 0.919 bits per heavy atom. The van der Waals surface area contributed by atoms with E-state index in [2.05, 4.69) is 5.32 Å². The lowest BCUT2D eigenvalue weighted by atomic mass is 9.83. The van der Waals surface area contributed by atoms with Gasteiger partial charge in [0.2, 0.25) is 17.7 Å². The van der Waals surface area contributed by atoms with Crippen molar-refractivity contribution in [3.8, 4) is 5.75 Å². The average Bonchev–Trinajstić information content (AvgIpc) is 3.06. The van der Waals surface area contributed by atoms with Gasteiger partial charge in [0.1, 0.15) is 17.8 Å². The number of carboxylic acids is 1. The van der Waals surface area contributed by atoms with E-state index >= 15 is 0 Å². The summed E-state index contributed by atoms with van der Waals surface area (Å²) in [4.78, 5) is 54.0. The summed E-state index contributed by atoms with van der Waals surface area (Å²) < 4.78 is 0. The molecule has 37 heavy (non-hydrogen) atoms. The normalized spacial score (nSPS) is 19.4. The Morgan fingerprint density at radius 3 is 2.08 bits per heavy atom. The standard InChI is InChI=1S/C29H36N2O6/c1-17(2)14-22-25(20-10-12-21(32)13-11-20)28(35)31(27(22)34)24(15-18(3)4)26(33)30-23(29(36)37)16-19-8-6-5-7-9-19/h5-13,17-18,22-25,32H,14-16H2,1-4H3,(H,30,33)(H,36,37)/t22?,23-,24?,25?/m0/s1. The molecule has 2 aromatic carbocycles. The largest absolute Gasteiger partial charge is 0.508 e. The lowest BCUT2D eigenvalue weighted by molar-refractivity contribution is -0.149. The van der Waals surface area contributed by atoms with Crippen LogP contribution in [-0.2, 0) is 25.6 Å². The van der Waals surface area contributed by atoms with Gasteiger partial charge in [-0.1, -0.05) is 70.2 Å². The zero-order valence-electron chi connectivity index (χ0n) is 21.8. The van der Waals surface area contributed by atoms with Gasteiger partial charge in [0.15, 0.2) is 0 Å². The smallest absolute Gasteiger partial charge is 0.326 e. The van der Waals surface area contributed by atoms with Crippen LogP contribution in [0.15, 0.2) is 54.6 Å². The van der Waals surface area contributed by atoms with E-state index in [1.165, 1.54) is 12.1 Å². The molecule has 0 spiro atoms. The molecule has 3 unspecified atom stereocenters. The highest BCUT2D eigenvalue weighted by Crippen LogP contribution is 2.40. The molecule has 8 nitrogen and oxygen atoms in total. The molecule has 1 aliphatic heterocycles. The topological polar surface area (TPSA) is 124 Å². The van der Waals surface area contributed by atoms with Crippen molar-refractivity contribution >= 4 is 23.7 Å². The first-order valence-corrected chi connectivity index (χ1v) is 12.7. The lowest BCUT2D eigenvalue weighted by Gasteiger charge is -2.28. The first-order chi connectivity index (χ1) is 17.5. The van der Waals surface area contributed by atoms with Gasteiger partial charge in [-0.2, -0.15) is 0 Å². The van der Waals surface area contributed by atoms with Crippen LogP contribution in [0.2, 0.25) is 0 Å². The van der Waals surface area contributed by atoms with Gasteiger partial charge in [-0.25, -0.2) is 4.79 Å². The van der Waals surface area contributed by atoms with Crippen LogP contribution in [0, 0.1) is 17.8 Å². The maximum absolute atomic E-state index is 13.8. The minimum absolute atomic E-state index is 0.0370. The number of carbonyl (C=O) groups excluding carboxylic acids is 3. The zero-order valence-corrected chi connectivity index (χ0v) is 21.8. The van der Waals surface area contributed by atoms with Crippen LogP contribution >= 0.6 is 0 Å². The number of aromatic hydroxyl groups is 1. The summed E-state index contributed by atoms with van der Waals surface area (Å²) in [7, 11) is 0. The highest BCUT2D eigenvalue weighted by Gasteiger charge is 2.52. The Labute approximate surface area is 217 Å². The third kappa shape index (κ3) is 6.76. The fourth-order valence-corrected chi connectivity index (χ4v) is 4.95. The number of amides is 3. The number of carbonyl (C=O) groups is 4. The van der Waals surface area contributed by atoms with Gasteiger partial charge in [-0.3, -0.25) is 19.3 Å². The van der Waals surface area contributed by atoms with Crippen LogP contribution in [0.3, 0.4) is 0 Å². The second-order valence-corrected chi connectivity index (χ2v) is 10.6. The molecule has 1 fully saturated rings. The molecule has 1 aliphatic rings. The van der Waals surface area contributed by atoms with Gasteiger partial charge in [-0.15, -0.1) is 0 Å². The van der Waals surface area contributed by atoms with Crippen molar-refractivity contribution in [2.45, 2.75) is 65.0 Å². The number of nitrogens with one attached hydrogen (secondary N) is 1. The van der Waals surface area contributed by atoms with E-state index in [4.69, 9.17) is 0 Å². The van der Waals surface area contributed by atoms with Crippen LogP contribution in [0.25, 0.3) is 0 Å². The Kier molecular flexibility index (Phi) is 9.08. The van der Waals surface area contributed by atoms with Crippen LogP contribution in [-0.4, -0.2) is 50.9 Å². The maximum atomic E-state index is 13.8. The Hall–Kier alpha value is -3.68. The molecule has 3 rings (SSSR count). The summed E-state index contributed by atoms with van der Waals surface area (Å²) in [6, 6.07) is 12.8. The van der Waals surface area contributed by atoms with Crippen molar-refractivity contribution < 1.29 is 29.4 Å². The minimum Gasteiger partial charge on any atom is -0.508 e. The van der Waals surface area contributed by atoms with E-state index < -0.39 is 47.6 Å². The van der Waals surface area contributed by atoms with Crippen LogP contribution in [0.5, 0.6) is 5.75 Å². The third-order valence-electron chi connectivity index (χ3n) is 6.64. The van der Waals surface area contributed by atoms with E-state index in [-0.39, 0.29) is 30.4 Å². The average molecular weight is 509 g/mol. The third-order valence-corrected chi connectivity index (χ3v) is 6.64. The van der Waals surface area contributed by atoms with Gasteiger partial charge in [0.25, 0.3) is 0 Å². The summed E-state index contributed by atoms with van der Waals surface area (Å²) >= 11 is 0. The molecule has 2 aromatic rings. The van der Waals surface area contributed by atoms with Crippen LogP contribution < -0.4 is 5.32 Å². The zero-order chi connectivity index (χ0) is 27.3. The maximum Gasteiger partial charge on any atom is 0.326 e. The van der Waals surface area contributed by atoms with E-state index in [1.807, 2.05) is 33.8 Å². The van der Waals surface area contributed by atoms with Gasteiger partial charge in [0.05, 0.1) is 11.8 Å². The highest BCUT2D eigenvalue weighted by atomic mass is 16.4. The van der Waals surface area contributed by atoms with Crippen molar-refractivity contribution in [3.05, 3.63) is 65.7 Å². The number of likely N-dealkylation sites (tertiary alicyclic amines) is 1. The summed E-state index contributed by atoms with van der Waals surface area (Å²) in [5.74, 6) is -4.05. The minimum atomic E-state index is -1.21. The van der Waals surface area contributed by atoms with Crippen molar-refractivity contribution in [1.29, 1.82) is 0 Å². The number of aliphatic carboxylic acids is 1. The van der Waals surface area contributed by atoms with Gasteiger partial charge < -0.3 is 15.5 Å². The monoisotopic (exact) mass is 508 g/mol. The Balaban J connectivity index is 1.94. The number of carboxylic acid groups (broad SMARTS) is 1. The number of nitrogens with zero attached hydrogens (tertiary/aromatic N) is 1.